The molecule has 0 bridgehead atoms. The highest BCUT2D eigenvalue weighted by atomic mass is 35.5. The number of carbonyl (C=O) groups excluding carboxylic acids is 1. The van der Waals surface area contributed by atoms with Gasteiger partial charge in [0.1, 0.15) is 11.6 Å². The lowest BCUT2D eigenvalue weighted by molar-refractivity contribution is -0.122. The van der Waals surface area contributed by atoms with Crippen molar-refractivity contribution in [2.24, 2.45) is 0 Å². The van der Waals surface area contributed by atoms with Crippen molar-refractivity contribution in [1.82, 2.24) is 0 Å². The van der Waals surface area contributed by atoms with Crippen molar-refractivity contribution in [3.63, 3.8) is 0 Å². The highest BCUT2D eigenvalue weighted by molar-refractivity contribution is 6.31. The van der Waals surface area contributed by atoms with Crippen LogP contribution >= 0.6 is 11.6 Å². The summed E-state index contributed by atoms with van der Waals surface area (Å²) in [5.74, 6) is -0.262. The molecule has 0 heterocycles. The van der Waals surface area contributed by atoms with Gasteiger partial charge in [0.15, 0.2) is 6.10 Å². The zero-order valence-corrected chi connectivity index (χ0v) is 11.5. The van der Waals surface area contributed by atoms with Gasteiger partial charge in [0.25, 0.3) is 5.91 Å². The lowest BCUT2D eigenvalue weighted by Gasteiger charge is -2.14. The Labute approximate surface area is 121 Å². The Kier molecular flexibility index (Phi) is 4.58. The fourth-order valence-electron chi connectivity index (χ4n) is 1.57. The van der Waals surface area contributed by atoms with Crippen molar-refractivity contribution in [1.29, 1.82) is 0 Å². The summed E-state index contributed by atoms with van der Waals surface area (Å²) < 4.78 is 18.5. The first kappa shape index (κ1) is 14.3. The van der Waals surface area contributed by atoms with Crippen LogP contribution in [0.25, 0.3) is 0 Å². The number of hydrogen-bond acceptors (Lipinski definition) is 2. The van der Waals surface area contributed by atoms with E-state index in [4.69, 9.17) is 16.3 Å². The van der Waals surface area contributed by atoms with Crippen LogP contribution in [0.4, 0.5) is 10.1 Å². The molecule has 1 atom stereocenters. The summed E-state index contributed by atoms with van der Waals surface area (Å²) in [6, 6.07) is 13.0. The molecule has 0 aliphatic carbocycles. The maximum absolute atomic E-state index is 13.0. The molecule has 0 aliphatic heterocycles. The number of benzene rings is 2. The van der Waals surface area contributed by atoms with Crippen LogP contribution < -0.4 is 10.1 Å². The number of halogens is 2. The summed E-state index contributed by atoms with van der Waals surface area (Å²) in [5.41, 5.74) is 0.421. The van der Waals surface area contributed by atoms with Gasteiger partial charge in [0.2, 0.25) is 0 Å². The van der Waals surface area contributed by atoms with E-state index in [1.807, 2.05) is 18.2 Å². The van der Waals surface area contributed by atoms with Crippen molar-refractivity contribution in [3.05, 3.63) is 59.4 Å². The molecule has 20 heavy (non-hydrogen) atoms. The number of hydrogen-bond donors (Lipinski definition) is 1. The number of nitrogens with one attached hydrogen (secondary N) is 1. The van der Waals surface area contributed by atoms with E-state index in [0.717, 1.165) is 0 Å². The van der Waals surface area contributed by atoms with Gasteiger partial charge < -0.3 is 10.1 Å². The van der Waals surface area contributed by atoms with Crippen molar-refractivity contribution in [2.75, 3.05) is 5.32 Å². The van der Waals surface area contributed by atoms with Crippen molar-refractivity contribution in [3.8, 4) is 5.75 Å². The fourth-order valence-corrected chi connectivity index (χ4v) is 1.76. The second-order valence-electron chi connectivity index (χ2n) is 4.19. The molecule has 0 aromatic heterocycles. The van der Waals surface area contributed by atoms with E-state index in [-0.39, 0.29) is 10.9 Å². The number of rotatable bonds is 4. The van der Waals surface area contributed by atoms with Crippen molar-refractivity contribution in [2.45, 2.75) is 13.0 Å². The number of amides is 1. The predicted octanol–water partition coefficient (Wildman–Crippen LogP) is 3.89. The molecule has 1 N–H and O–H groups in total. The Morgan fingerprint density at radius 2 is 1.95 bits per heavy atom. The molecule has 1 unspecified atom stereocenters. The first-order chi connectivity index (χ1) is 9.56. The molecule has 3 nitrogen and oxygen atoms in total. The van der Waals surface area contributed by atoms with E-state index in [2.05, 4.69) is 5.32 Å². The average Bonchev–Trinajstić information content (AvgIpc) is 2.44. The second-order valence-corrected chi connectivity index (χ2v) is 4.60. The lowest BCUT2D eigenvalue weighted by Crippen LogP contribution is -2.30. The van der Waals surface area contributed by atoms with Gasteiger partial charge >= 0.3 is 0 Å². The van der Waals surface area contributed by atoms with E-state index in [1.54, 1.807) is 19.1 Å². The smallest absolute Gasteiger partial charge is 0.265 e. The minimum absolute atomic E-state index is 0.0422. The Morgan fingerprint density at radius 1 is 1.25 bits per heavy atom. The quantitative estimate of drug-likeness (QED) is 0.929. The summed E-state index contributed by atoms with van der Waals surface area (Å²) in [4.78, 5) is 11.9. The van der Waals surface area contributed by atoms with E-state index < -0.39 is 11.9 Å². The van der Waals surface area contributed by atoms with Gasteiger partial charge in [-0.2, -0.15) is 0 Å². The third kappa shape index (κ3) is 3.71. The van der Waals surface area contributed by atoms with Crippen LogP contribution in [-0.4, -0.2) is 12.0 Å². The summed E-state index contributed by atoms with van der Waals surface area (Å²) >= 11 is 5.65. The van der Waals surface area contributed by atoms with Gasteiger partial charge in [-0.15, -0.1) is 0 Å². The highest BCUT2D eigenvalue weighted by Crippen LogP contribution is 2.20. The van der Waals surface area contributed by atoms with Gasteiger partial charge in [-0.05, 0) is 37.3 Å². The maximum Gasteiger partial charge on any atom is 0.265 e. The minimum atomic E-state index is -0.679. The fraction of sp³-hybridized carbons (Fsp3) is 0.133. The number of para-hydroxylation sites is 1. The Bertz CT molecular complexity index is 604. The molecule has 0 saturated heterocycles. The molecular formula is C15H13ClFNO2. The Balaban J connectivity index is 1.99. The van der Waals surface area contributed by atoms with Crippen LogP contribution in [0.1, 0.15) is 6.92 Å². The summed E-state index contributed by atoms with van der Waals surface area (Å²) in [5, 5.41) is 2.57. The second kappa shape index (κ2) is 6.39. The lowest BCUT2D eigenvalue weighted by atomic mass is 10.3. The standard InChI is InChI=1S/C15H13ClFNO2/c1-10(20-12-5-3-2-4-6-12)15(19)18-11-7-8-14(17)13(16)9-11/h2-10H,1H3,(H,18,19). The highest BCUT2D eigenvalue weighted by Gasteiger charge is 2.15. The van der Waals surface area contributed by atoms with Gasteiger partial charge in [-0.1, -0.05) is 29.8 Å². The first-order valence-corrected chi connectivity index (χ1v) is 6.41. The molecule has 104 valence electrons. The number of carbonyl (C=O) groups is 1. The summed E-state index contributed by atoms with van der Waals surface area (Å²) in [6.45, 7) is 1.63. The minimum Gasteiger partial charge on any atom is -0.481 e. The van der Waals surface area contributed by atoms with Crippen LogP contribution in [0.15, 0.2) is 48.5 Å². The van der Waals surface area contributed by atoms with E-state index >= 15 is 0 Å². The third-order valence-electron chi connectivity index (χ3n) is 2.61. The van der Waals surface area contributed by atoms with Gasteiger partial charge in [0, 0.05) is 5.69 Å². The molecule has 0 saturated carbocycles. The molecule has 2 aromatic rings. The van der Waals surface area contributed by atoms with Crippen LogP contribution in [0, 0.1) is 5.82 Å². The maximum atomic E-state index is 13.0. The monoisotopic (exact) mass is 293 g/mol. The van der Waals surface area contributed by atoms with Crippen LogP contribution in [0.2, 0.25) is 5.02 Å². The Hall–Kier alpha value is -2.07. The Morgan fingerprint density at radius 3 is 2.60 bits per heavy atom. The number of anilines is 1. The van der Waals surface area contributed by atoms with Gasteiger partial charge in [0.05, 0.1) is 5.02 Å². The summed E-state index contributed by atoms with van der Waals surface area (Å²) in [7, 11) is 0. The SMILES string of the molecule is CC(Oc1ccccc1)C(=O)Nc1ccc(F)c(Cl)c1. The van der Waals surface area contributed by atoms with Crippen LogP contribution in [0.5, 0.6) is 5.75 Å². The van der Waals surface area contributed by atoms with Crippen LogP contribution in [-0.2, 0) is 4.79 Å². The normalized spacial score (nSPS) is 11.8. The molecule has 0 fully saturated rings. The molecule has 0 aliphatic rings. The van der Waals surface area contributed by atoms with Crippen LogP contribution in [0.3, 0.4) is 0 Å². The first-order valence-electron chi connectivity index (χ1n) is 6.04. The molecule has 2 aromatic carbocycles. The third-order valence-corrected chi connectivity index (χ3v) is 2.90. The van der Waals surface area contributed by atoms with E-state index in [9.17, 15) is 9.18 Å². The van der Waals surface area contributed by atoms with E-state index in [0.29, 0.717) is 11.4 Å². The number of ether oxygens (including phenoxy) is 1. The van der Waals surface area contributed by atoms with E-state index in [1.165, 1.54) is 18.2 Å². The average molecular weight is 294 g/mol. The summed E-state index contributed by atoms with van der Waals surface area (Å²) in [6.07, 6.45) is -0.679. The van der Waals surface area contributed by atoms with Gasteiger partial charge in [-0.3, -0.25) is 4.79 Å². The largest absolute Gasteiger partial charge is 0.481 e. The molecule has 1 amide bonds. The van der Waals surface area contributed by atoms with Gasteiger partial charge in [-0.25, -0.2) is 4.39 Å². The topological polar surface area (TPSA) is 38.3 Å². The van der Waals surface area contributed by atoms with Crippen molar-refractivity contribution < 1.29 is 13.9 Å². The molecular weight excluding hydrogens is 281 g/mol. The zero-order valence-electron chi connectivity index (χ0n) is 10.8. The predicted molar refractivity (Wildman–Crippen MR) is 76.6 cm³/mol. The molecule has 0 spiro atoms. The molecule has 2 rings (SSSR count). The molecule has 5 heteroatoms. The van der Waals surface area contributed by atoms with Crippen molar-refractivity contribution >= 4 is 23.2 Å². The molecule has 0 radical (unpaired) electrons. The zero-order chi connectivity index (χ0) is 14.5.